The minimum atomic E-state index is -0.280. The molecule has 0 aliphatic heterocycles. The van der Waals surface area contributed by atoms with Crippen molar-refractivity contribution < 1.29 is 4.39 Å². The third kappa shape index (κ3) is 1.64. The molecule has 1 aromatic heterocycles. The van der Waals surface area contributed by atoms with Crippen molar-refractivity contribution in [3.05, 3.63) is 53.8 Å². The summed E-state index contributed by atoms with van der Waals surface area (Å²) in [6, 6.07) is 12.9. The summed E-state index contributed by atoms with van der Waals surface area (Å²) < 4.78 is 13.7. The molecule has 0 amide bonds. The number of anilines is 1. The van der Waals surface area contributed by atoms with Crippen LogP contribution in [0.5, 0.6) is 0 Å². The predicted molar refractivity (Wildman–Crippen MR) is 72.8 cm³/mol. The molecule has 0 radical (unpaired) electrons. The molecule has 1 heterocycles. The largest absolute Gasteiger partial charge is 0.398 e. The van der Waals surface area contributed by atoms with Crippen LogP contribution in [0.1, 0.15) is 5.56 Å². The molecule has 2 nitrogen and oxygen atoms in total. The average molecular weight is 240 g/mol. The molecule has 3 N–H and O–H groups in total. The van der Waals surface area contributed by atoms with Crippen LogP contribution in [0.2, 0.25) is 0 Å². The minimum absolute atomic E-state index is 0.280. The lowest BCUT2D eigenvalue weighted by Gasteiger charge is -1.98. The lowest BCUT2D eigenvalue weighted by molar-refractivity contribution is 0.637. The maximum absolute atomic E-state index is 13.7. The number of halogens is 1. The molecular formula is C15H13FN2. The number of H-pyrrole nitrogens is 1. The maximum Gasteiger partial charge on any atom is 0.147 e. The zero-order valence-electron chi connectivity index (χ0n) is 10.00. The van der Waals surface area contributed by atoms with Crippen molar-refractivity contribution in [3.63, 3.8) is 0 Å². The van der Waals surface area contributed by atoms with E-state index in [-0.39, 0.29) is 5.82 Å². The van der Waals surface area contributed by atoms with E-state index in [1.54, 1.807) is 6.07 Å². The van der Waals surface area contributed by atoms with E-state index in [9.17, 15) is 4.39 Å². The number of nitrogen functional groups attached to an aromatic ring is 1. The van der Waals surface area contributed by atoms with Gasteiger partial charge < -0.3 is 10.7 Å². The van der Waals surface area contributed by atoms with E-state index >= 15 is 0 Å². The third-order valence-corrected chi connectivity index (χ3v) is 3.11. The molecule has 3 rings (SSSR count). The first-order valence-corrected chi connectivity index (χ1v) is 5.79. The molecule has 0 fully saturated rings. The van der Waals surface area contributed by atoms with Crippen LogP contribution in [0.25, 0.3) is 22.2 Å². The van der Waals surface area contributed by atoms with E-state index in [1.165, 1.54) is 11.6 Å². The van der Waals surface area contributed by atoms with Crippen LogP contribution >= 0.6 is 0 Å². The molecule has 3 aromatic rings. The van der Waals surface area contributed by atoms with Crippen LogP contribution in [-0.2, 0) is 0 Å². The number of hydrogen-bond donors (Lipinski definition) is 2. The summed E-state index contributed by atoms with van der Waals surface area (Å²) >= 11 is 0. The lowest BCUT2D eigenvalue weighted by atomic mass is 10.1. The summed E-state index contributed by atoms with van der Waals surface area (Å²) in [4.78, 5) is 3.09. The van der Waals surface area contributed by atoms with Crippen LogP contribution in [0, 0.1) is 12.7 Å². The second kappa shape index (κ2) is 3.88. The van der Waals surface area contributed by atoms with Gasteiger partial charge in [0.1, 0.15) is 5.82 Å². The minimum Gasteiger partial charge on any atom is -0.398 e. The number of aromatic nitrogens is 1. The van der Waals surface area contributed by atoms with Crippen LogP contribution < -0.4 is 5.73 Å². The Bertz CT molecular complexity index is 689. The molecule has 90 valence electrons. The van der Waals surface area contributed by atoms with Crippen LogP contribution in [-0.4, -0.2) is 4.98 Å². The number of fused-ring (bicyclic) bond motifs is 1. The zero-order valence-corrected chi connectivity index (χ0v) is 10.00. The third-order valence-electron chi connectivity index (χ3n) is 3.11. The Morgan fingerprint density at radius 2 is 1.94 bits per heavy atom. The highest BCUT2D eigenvalue weighted by molar-refractivity contribution is 5.95. The van der Waals surface area contributed by atoms with Crippen molar-refractivity contribution in [2.45, 2.75) is 6.92 Å². The van der Waals surface area contributed by atoms with E-state index in [4.69, 9.17) is 5.73 Å². The standard InChI is InChI=1S/C15H13FN2/c1-9-3-2-4-10(7-9)14-8-11-13(17)6-5-12(16)15(11)18-14/h2-8,18H,17H2,1H3. The van der Waals surface area contributed by atoms with Gasteiger partial charge in [0.15, 0.2) is 0 Å². The quantitative estimate of drug-likeness (QED) is 0.623. The normalized spacial score (nSPS) is 11.0. The Morgan fingerprint density at radius 1 is 1.11 bits per heavy atom. The predicted octanol–water partition coefficient (Wildman–Crippen LogP) is 3.86. The highest BCUT2D eigenvalue weighted by atomic mass is 19.1. The fraction of sp³-hybridized carbons (Fsp3) is 0.0667. The summed E-state index contributed by atoms with van der Waals surface area (Å²) in [5.41, 5.74) is 9.99. The number of aryl methyl sites for hydroxylation is 1. The summed E-state index contributed by atoms with van der Waals surface area (Å²) in [5.74, 6) is -0.280. The number of rotatable bonds is 1. The monoisotopic (exact) mass is 240 g/mol. The van der Waals surface area contributed by atoms with Gasteiger partial charge in [0.2, 0.25) is 0 Å². The van der Waals surface area contributed by atoms with Crippen molar-refractivity contribution in [1.82, 2.24) is 4.98 Å². The van der Waals surface area contributed by atoms with Crippen LogP contribution in [0.3, 0.4) is 0 Å². The van der Waals surface area contributed by atoms with Gasteiger partial charge in [0, 0.05) is 16.8 Å². The van der Waals surface area contributed by atoms with Crippen molar-refractivity contribution in [1.29, 1.82) is 0 Å². The highest BCUT2D eigenvalue weighted by Gasteiger charge is 2.09. The molecule has 0 atom stereocenters. The first-order valence-electron chi connectivity index (χ1n) is 5.79. The average Bonchev–Trinajstić information content (AvgIpc) is 2.80. The number of nitrogens with two attached hydrogens (primary N) is 1. The molecule has 0 aliphatic rings. The SMILES string of the molecule is Cc1cccc(-c2cc3c(N)ccc(F)c3[nH]2)c1. The summed E-state index contributed by atoms with van der Waals surface area (Å²) in [5, 5.41) is 0.728. The lowest BCUT2D eigenvalue weighted by Crippen LogP contribution is -1.86. The van der Waals surface area contributed by atoms with Gasteiger partial charge in [-0.25, -0.2) is 4.39 Å². The Labute approximate surface area is 104 Å². The van der Waals surface area contributed by atoms with Crippen molar-refractivity contribution in [3.8, 4) is 11.3 Å². The highest BCUT2D eigenvalue weighted by Crippen LogP contribution is 2.29. The van der Waals surface area contributed by atoms with E-state index < -0.39 is 0 Å². The number of aromatic amines is 1. The molecule has 0 saturated heterocycles. The van der Waals surface area contributed by atoms with E-state index in [0.29, 0.717) is 11.2 Å². The number of nitrogens with one attached hydrogen (secondary N) is 1. The van der Waals surface area contributed by atoms with Gasteiger partial charge >= 0.3 is 0 Å². The summed E-state index contributed by atoms with van der Waals surface area (Å²) in [6.45, 7) is 2.03. The van der Waals surface area contributed by atoms with Crippen LogP contribution in [0.15, 0.2) is 42.5 Å². The number of hydrogen-bond acceptors (Lipinski definition) is 1. The Morgan fingerprint density at radius 3 is 2.67 bits per heavy atom. The molecule has 0 aliphatic carbocycles. The van der Waals surface area contributed by atoms with E-state index in [1.807, 2.05) is 31.2 Å². The zero-order chi connectivity index (χ0) is 12.7. The molecule has 0 saturated carbocycles. The van der Waals surface area contributed by atoms with Gasteiger partial charge in [-0.2, -0.15) is 0 Å². The van der Waals surface area contributed by atoms with Gasteiger partial charge in [-0.05, 0) is 36.8 Å². The summed E-state index contributed by atoms with van der Waals surface area (Å²) in [7, 11) is 0. The smallest absolute Gasteiger partial charge is 0.147 e. The molecule has 0 bridgehead atoms. The Hall–Kier alpha value is -2.29. The van der Waals surface area contributed by atoms with E-state index in [2.05, 4.69) is 11.1 Å². The first kappa shape index (κ1) is 10.8. The van der Waals surface area contributed by atoms with Crippen molar-refractivity contribution >= 4 is 16.6 Å². The molecule has 0 spiro atoms. The second-order valence-electron chi connectivity index (χ2n) is 4.48. The molecule has 0 unspecified atom stereocenters. The van der Waals surface area contributed by atoms with Gasteiger partial charge in [-0.3, -0.25) is 0 Å². The van der Waals surface area contributed by atoms with Crippen molar-refractivity contribution in [2.75, 3.05) is 5.73 Å². The first-order chi connectivity index (χ1) is 8.65. The molecular weight excluding hydrogens is 227 g/mol. The fourth-order valence-electron chi connectivity index (χ4n) is 2.17. The molecule has 3 heteroatoms. The molecule has 2 aromatic carbocycles. The van der Waals surface area contributed by atoms with E-state index in [0.717, 1.165) is 16.6 Å². The second-order valence-corrected chi connectivity index (χ2v) is 4.48. The van der Waals surface area contributed by atoms with Crippen molar-refractivity contribution in [2.24, 2.45) is 0 Å². The Balaban J connectivity index is 2.26. The van der Waals surface area contributed by atoms with Gasteiger partial charge in [0.25, 0.3) is 0 Å². The van der Waals surface area contributed by atoms with Gasteiger partial charge in [-0.1, -0.05) is 23.8 Å². The topological polar surface area (TPSA) is 41.8 Å². The summed E-state index contributed by atoms with van der Waals surface area (Å²) in [6.07, 6.45) is 0. The van der Waals surface area contributed by atoms with Gasteiger partial charge in [0.05, 0.1) is 5.52 Å². The van der Waals surface area contributed by atoms with Gasteiger partial charge in [-0.15, -0.1) is 0 Å². The fourth-order valence-corrected chi connectivity index (χ4v) is 2.17. The molecule has 18 heavy (non-hydrogen) atoms. The maximum atomic E-state index is 13.7. The number of benzene rings is 2. The Kier molecular flexibility index (Phi) is 2.33. The van der Waals surface area contributed by atoms with Crippen LogP contribution in [0.4, 0.5) is 10.1 Å².